The van der Waals surface area contributed by atoms with Crippen molar-refractivity contribution in [3.05, 3.63) is 23.8 Å². The molecule has 0 saturated heterocycles. The van der Waals surface area contributed by atoms with Crippen molar-refractivity contribution >= 4 is 6.29 Å². The SMILES string of the molecule is CCCCCC/C=C/C/C(C)=C/CC=O. The van der Waals surface area contributed by atoms with Gasteiger partial charge >= 0.3 is 0 Å². The van der Waals surface area contributed by atoms with Crippen molar-refractivity contribution in [2.45, 2.75) is 58.8 Å². The number of carbonyl (C=O) groups is 1. The first kappa shape index (κ1) is 14.2. The molecule has 0 bridgehead atoms. The molecule has 1 heteroatoms. The highest BCUT2D eigenvalue weighted by molar-refractivity contribution is 5.52. The van der Waals surface area contributed by atoms with E-state index in [9.17, 15) is 4.79 Å². The minimum atomic E-state index is 0.552. The van der Waals surface area contributed by atoms with Crippen LogP contribution in [0.15, 0.2) is 23.8 Å². The van der Waals surface area contributed by atoms with Gasteiger partial charge in [0, 0.05) is 6.42 Å². The normalized spacial score (nSPS) is 12.3. The Bertz CT molecular complexity index is 201. The largest absolute Gasteiger partial charge is 0.303 e. The molecular weight excluding hydrogens is 184 g/mol. The Labute approximate surface area is 94.3 Å². The van der Waals surface area contributed by atoms with Gasteiger partial charge in [-0.05, 0) is 26.2 Å². The van der Waals surface area contributed by atoms with Crippen LogP contribution in [0, 0.1) is 0 Å². The average molecular weight is 208 g/mol. The van der Waals surface area contributed by atoms with Crippen LogP contribution in [0.5, 0.6) is 0 Å². The summed E-state index contributed by atoms with van der Waals surface area (Å²) in [6, 6.07) is 0. The van der Waals surface area contributed by atoms with E-state index in [1.165, 1.54) is 37.7 Å². The molecule has 0 fully saturated rings. The zero-order valence-corrected chi connectivity index (χ0v) is 10.2. The number of hydrogen-bond acceptors (Lipinski definition) is 1. The molecule has 0 unspecified atom stereocenters. The highest BCUT2D eigenvalue weighted by atomic mass is 16.1. The maximum absolute atomic E-state index is 10.1. The van der Waals surface area contributed by atoms with Gasteiger partial charge in [-0.2, -0.15) is 0 Å². The third kappa shape index (κ3) is 11.1. The van der Waals surface area contributed by atoms with Gasteiger partial charge in [0.1, 0.15) is 6.29 Å². The Morgan fingerprint density at radius 2 is 1.93 bits per heavy atom. The van der Waals surface area contributed by atoms with Crippen LogP contribution in [0.3, 0.4) is 0 Å². The quantitative estimate of drug-likeness (QED) is 0.311. The fourth-order valence-electron chi connectivity index (χ4n) is 1.41. The lowest BCUT2D eigenvalue weighted by molar-refractivity contribution is -0.107. The van der Waals surface area contributed by atoms with Crippen molar-refractivity contribution in [1.82, 2.24) is 0 Å². The first-order valence-corrected chi connectivity index (χ1v) is 6.05. The summed E-state index contributed by atoms with van der Waals surface area (Å²) in [5.41, 5.74) is 1.28. The van der Waals surface area contributed by atoms with Gasteiger partial charge in [-0.3, -0.25) is 0 Å². The molecule has 15 heavy (non-hydrogen) atoms. The molecule has 0 aliphatic carbocycles. The topological polar surface area (TPSA) is 17.1 Å². The molecule has 0 atom stereocenters. The lowest BCUT2D eigenvalue weighted by Crippen LogP contribution is -1.76. The standard InChI is InChI=1S/C14H24O/c1-3-4-5-6-7-8-9-11-14(2)12-10-13-15/h8-9,12-13H,3-7,10-11H2,1-2H3/b9-8+,14-12+. The summed E-state index contributed by atoms with van der Waals surface area (Å²) in [6.07, 6.45) is 15.5. The Morgan fingerprint density at radius 1 is 1.13 bits per heavy atom. The van der Waals surface area contributed by atoms with E-state index in [4.69, 9.17) is 0 Å². The van der Waals surface area contributed by atoms with Crippen molar-refractivity contribution < 1.29 is 4.79 Å². The van der Waals surface area contributed by atoms with Crippen LogP contribution in [0.2, 0.25) is 0 Å². The number of hydrogen-bond donors (Lipinski definition) is 0. The van der Waals surface area contributed by atoms with Crippen LogP contribution < -0.4 is 0 Å². The van der Waals surface area contributed by atoms with Crippen molar-refractivity contribution in [3.63, 3.8) is 0 Å². The predicted molar refractivity (Wildman–Crippen MR) is 67.0 cm³/mol. The molecular formula is C14H24O. The van der Waals surface area contributed by atoms with Crippen LogP contribution >= 0.6 is 0 Å². The molecule has 0 aromatic heterocycles. The minimum absolute atomic E-state index is 0.552. The zero-order valence-electron chi connectivity index (χ0n) is 10.2. The molecule has 0 amide bonds. The highest BCUT2D eigenvalue weighted by Crippen LogP contribution is 2.06. The van der Waals surface area contributed by atoms with E-state index in [0.29, 0.717) is 6.42 Å². The third-order valence-corrected chi connectivity index (χ3v) is 2.39. The summed E-state index contributed by atoms with van der Waals surface area (Å²) in [6.45, 7) is 4.31. The Kier molecular flexibility index (Phi) is 10.6. The number of aldehydes is 1. The molecule has 0 aromatic rings. The average Bonchev–Trinajstić information content (AvgIpc) is 2.25. The molecule has 0 aromatic carbocycles. The number of allylic oxidation sites excluding steroid dienone is 4. The lowest BCUT2D eigenvalue weighted by atomic mass is 10.1. The van der Waals surface area contributed by atoms with Crippen LogP contribution in [-0.4, -0.2) is 6.29 Å². The summed E-state index contributed by atoms with van der Waals surface area (Å²) in [7, 11) is 0. The Morgan fingerprint density at radius 3 is 2.60 bits per heavy atom. The van der Waals surface area contributed by atoms with Crippen molar-refractivity contribution in [2.75, 3.05) is 0 Å². The second kappa shape index (κ2) is 11.2. The molecule has 0 rings (SSSR count). The van der Waals surface area contributed by atoms with Gasteiger partial charge in [0.15, 0.2) is 0 Å². The van der Waals surface area contributed by atoms with Crippen LogP contribution in [0.25, 0.3) is 0 Å². The van der Waals surface area contributed by atoms with E-state index in [2.05, 4.69) is 26.0 Å². The van der Waals surface area contributed by atoms with E-state index >= 15 is 0 Å². The van der Waals surface area contributed by atoms with Crippen molar-refractivity contribution in [3.8, 4) is 0 Å². The first-order valence-electron chi connectivity index (χ1n) is 6.05. The van der Waals surface area contributed by atoms with Crippen LogP contribution in [0.1, 0.15) is 58.8 Å². The Hall–Kier alpha value is -0.850. The predicted octanol–water partition coefficient (Wildman–Crippen LogP) is 4.44. The number of carbonyl (C=O) groups excluding carboxylic acids is 1. The molecule has 0 radical (unpaired) electrons. The van der Waals surface area contributed by atoms with Crippen LogP contribution in [-0.2, 0) is 4.79 Å². The minimum Gasteiger partial charge on any atom is -0.303 e. The van der Waals surface area contributed by atoms with Gasteiger partial charge in [0.05, 0.1) is 0 Å². The first-order chi connectivity index (χ1) is 7.31. The second-order valence-corrected chi connectivity index (χ2v) is 3.98. The maximum Gasteiger partial charge on any atom is 0.123 e. The second-order valence-electron chi connectivity index (χ2n) is 3.98. The summed E-state index contributed by atoms with van der Waals surface area (Å²) >= 11 is 0. The Balaban J connectivity index is 3.40. The summed E-state index contributed by atoms with van der Waals surface area (Å²) in [4.78, 5) is 10.1. The maximum atomic E-state index is 10.1. The summed E-state index contributed by atoms with van der Waals surface area (Å²) in [5, 5.41) is 0. The fourth-order valence-corrected chi connectivity index (χ4v) is 1.41. The van der Waals surface area contributed by atoms with E-state index in [1.807, 2.05) is 6.08 Å². The molecule has 0 N–H and O–H groups in total. The van der Waals surface area contributed by atoms with Gasteiger partial charge in [0.25, 0.3) is 0 Å². The summed E-state index contributed by atoms with van der Waals surface area (Å²) < 4.78 is 0. The molecule has 0 aliphatic heterocycles. The van der Waals surface area contributed by atoms with E-state index in [-0.39, 0.29) is 0 Å². The zero-order chi connectivity index (χ0) is 11.4. The lowest BCUT2D eigenvalue weighted by Gasteiger charge is -1.95. The van der Waals surface area contributed by atoms with E-state index in [0.717, 1.165) is 12.7 Å². The molecule has 0 spiro atoms. The molecule has 0 saturated carbocycles. The van der Waals surface area contributed by atoms with Gasteiger partial charge in [-0.15, -0.1) is 0 Å². The fraction of sp³-hybridized carbons (Fsp3) is 0.643. The molecule has 86 valence electrons. The summed E-state index contributed by atoms with van der Waals surface area (Å²) in [5.74, 6) is 0. The van der Waals surface area contributed by atoms with Gasteiger partial charge in [0.2, 0.25) is 0 Å². The third-order valence-electron chi connectivity index (χ3n) is 2.39. The van der Waals surface area contributed by atoms with Crippen molar-refractivity contribution in [2.24, 2.45) is 0 Å². The monoisotopic (exact) mass is 208 g/mol. The van der Waals surface area contributed by atoms with E-state index in [1.54, 1.807) is 0 Å². The smallest absolute Gasteiger partial charge is 0.123 e. The molecule has 1 nitrogen and oxygen atoms in total. The number of unbranched alkanes of at least 4 members (excludes halogenated alkanes) is 4. The van der Waals surface area contributed by atoms with Crippen LogP contribution in [0.4, 0.5) is 0 Å². The molecule has 0 aliphatic rings. The van der Waals surface area contributed by atoms with E-state index < -0.39 is 0 Å². The number of rotatable bonds is 9. The van der Waals surface area contributed by atoms with Gasteiger partial charge < -0.3 is 4.79 Å². The van der Waals surface area contributed by atoms with Crippen molar-refractivity contribution in [1.29, 1.82) is 0 Å². The van der Waals surface area contributed by atoms with Gasteiger partial charge in [-0.25, -0.2) is 0 Å². The molecule has 0 heterocycles. The highest BCUT2D eigenvalue weighted by Gasteiger charge is 1.86. The van der Waals surface area contributed by atoms with Gasteiger partial charge in [-0.1, -0.05) is 50.0 Å².